The maximum Gasteiger partial charge on any atom is 0.330 e. The number of carbonyl (C=O) groups excluding carboxylic acids is 1. The predicted octanol–water partition coefficient (Wildman–Crippen LogP) is 6.26. The number of carbonyl (C=O) groups is 1. The van der Waals surface area contributed by atoms with E-state index in [4.69, 9.17) is 11.6 Å². The monoisotopic (exact) mass is 348 g/mol. The van der Waals surface area contributed by atoms with Gasteiger partial charge in [-0.1, -0.05) is 49.2 Å². The predicted molar refractivity (Wildman–Crippen MR) is 103 cm³/mol. The molecule has 0 N–H and O–H groups in total. The van der Waals surface area contributed by atoms with E-state index < -0.39 is 0 Å². The zero-order valence-electron chi connectivity index (χ0n) is 15.7. The van der Waals surface area contributed by atoms with E-state index in [2.05, 4.69) is 37.7 Å². The fourth-order valence-corrected chi connectivity index (χ4v) is 3.05. The number of methoxy groups -OCH3 is 1. The maximum absolute atomic E-state index is 11.2. The van der Waals surface area contributed by atoms with E-state index in [0.29, 0.717) is 5.03 Å². The third kappa shape index (κ3) is 6.16. The Labute approximate surface area is 151 Å². The fourth-order valence-electron chi connectivity index (χ4n) is 2.93. The average molecular weight is 349 g/mol. The Morgan fingerprint density at radius 2 is 1.88 bits per heavy atom. The van der Waals surface area contributed by atoms with Gasteiger partial charge in [0.05, 0.1) is 7.11 Å². The van der Waals surface area contributed by atoms with Gasteiger partial charge in [0.1, 0.15) is 0 Å². The Balaban J connectivity index is 2.92. The van der Waals surface area contributed by atoms with Crippen LogP contribution in [0.2, 0.25) is 0 Å². The number of hydrogen-bond donors (Lipinski definition) is 0. The van der Waals surface area contributed by atoms with Crippen LogP contribution in [0.5, 0.6) is 0 Å². The molecule has 0 bridgehead atoms. The average Bonchev–Trinajstić information content (AvgIpc) is 2.51. The molecule has 0 radical (unpaired) electrons. The summed E-state index contributed by atoms with van der Waals surface area (Å²) >= 11 is 6.35. The minimum Gasteiger partial charge on any atom is -0.466 e. The molecule has 0 atom stereocenters. The Morgan fingerprint density at radius 1 is 1.21 bits per heavy atom. The van der Waals surface area contributed by atoms with Crippen LogP contribution in [0.3, 0.4) is 0 Å². The Bertz CT molecular complexity index is 628. The number of esters is 1. The van der Waals surface area contributed by atoms with Crippen LogP contribution in [0.1, 0.15) is 53.9 Å². The second-order valence-corrected chi connectivity index (χ2v) is 7.45. The van der Waals surface area contributed by atoms with Gasteiger partial charge in [-0.3, -0.25) is 0 Å². The summed E-state index contributed by atoms with van der Waals surface area (Å²) in [6.07, 6.45) is 13.0. The van der Waals surface area contributed by atoms with Gasteiger partial charge in [0.2, 0.25) is 0 Å². The molecule has 24 heavy (non-hydrogen) atoms. The van der Waals surface area contributed by atoms with Gasteiger partial charge in [-0.2, -0.15) is 0 Å². The van der Waals surface area contributed by atoms with E-state index in [0.717, 1.165) is 11.1 Å². The van der Waals surface area contributed by atoms with Crippen LogP contribution in [0.15, 0.2) is 57.7 Å². The summed E-state index contributed by atoms with van der Waals surface area (Å²) in [4.78, 5) is 11.2. The molecule has 0 saturated heterocycles. The summed E-state index contributed by atoms with van der Waals surface area (Å²) in [5.41, 5.74) is 4.91. The standard InChI is InChI=1S/C21H29ClO2/c1-15(14-20(23)24-6)9-12-19(22)17(3)10-11-18-16(2)8-7-13-21(18,4)5/h9-12,14H,7-8,13H2,1-6H3. The van der Waals surface area contributed by atoms with Crippen molar-refractivity contribution in [2.45, 2.75) is 53.9 Å². The lowest BCUT2D eigenvalue weighted by Gasteiger charge is -2.33. The summed E-state index contributed by atoms with van der Waals surface area (Å²) in [5.74, 6) is -0.365. The molecule has 2 nitrogen and oxygen atoms in total. The van der Waals surface area contributed by atoms with Crippen LogP contribution in [-0.2, 0) is 9.53 Å². The first-order chi connectivity index (χ1) is 11.2. The van der Waals surface area contributed by atoms with Crippen molar-refractivity contribution in [2.24, 2.45) is 5.41 Å². The lowest BCUT2D eigenvalue weighted by Crippen LogP contribution is -2.19. The van der Waals surface area contributed by atoms with Crippen molar-refractivity contribution in [2.75, 3.05) is 7.11 Å². The van der Waals surface area contributed by atoms with E-state index >= 15 is 0 Å². The highest BCUT2D eigenvalue weighted by Crippen LogP contribution is 2.40. The Hall–Kier alpha value is -1.54. The van der Waals surface area contributed by atoms with Gasteiger partial charge in [-0.15, -0.1) is 0 Å². The molecular weight excluding hydrogens is 320 g/mol. The maximum atomic E-state index is 11.2. The van der Waals surface area contributed by atoms with Crippen LogP contribution < -0.4 is 0 Å². The van der Waals surface area contributed by atoms with Crippen LogP contribution >= 0.6 is 11.6 Å². The van der Waals surface area contributed by atoms with Crippen LogP contribution in [0, 0.1) is 5.41 Å². The van der Waals surface area contributed by atoms with Crippen LogP contribution in [0.25, 0.3) is 0 Å². The van der Waals surface area contributed by atoms with Crippen molar-refractivity contribution >= 4 is 17.6 Å². The minimum atomic E-state index is -0.365. The van der Waals surface area contributed by atoms with Crippen molar-refractivity contribution in [1.29, 1.82) is 0 Å². The highest BCUT2D eigenvalue weighted by molar-refractivity contribution is 6.31. The van der Waals surface area contributed by atoms with Gasteiger partial charge < -0.3 is 4.74 Å². The lowest BCUT2D eigenvalue weighted by atomic mass is 9.72. The molecule has 1 aliphatic carbocycles. The zero-order chi connectivity index (χ0) is 18.3. The van der Waals surface area contributed by atoms with Gasteiger partial charge in [0.25, 0.3) is 0 Å². The molecule has 0 spiro atoms. The Kier molecular flexibility index (Phi) is 7.75. The molecule has 0 heterocycles. The molecule has 0 aliphatic heterocycles. The molecule has 0 fully saturated rings. The van der Waals surface area contributed by atoms with Crippen molar-refractivity contribution in [3.05, 3.63) is 57.7 Å². The second-order valence-electron chi connectivity index (χ2n) is 7.04. The molecule has 0 aromatic rings. The van der Waals surface area contributed by atoms with Crippen LogP contribution in [0.4, 0.5) is 0 Å². The summed E-state index contributed by atoms with van der Waals surface area (Å²) in [6.45, 7) is 10.7. The van der Waals surface area contributed by atoms with E-state index in [9.17, 15) is 4.79 Å². The third-order valence-corrected chi connectivity index (χ3v) is 4.88. The zero-order valence-corrected chi connectivity index (χ0v) is 16.5. The topological polar surface area (TPSA) is 26.3 Å². The quantitative estimate of drug-likeness (QED) is 0.333. The largest absolute Gasteiger partial charge is 0.466 e. The SMILES string of the molecule is COC(=O)C=C(C)C=CC(Cl)=C(C)C=CC1=C(C)CCCC1(C)C. The molecule has 3 heteroatoms. The number of halogens is 1. The number of rotatable bonds is 5. The normalized spacial score (nSPS) is 19.9. The molecular formula is C21H29ClO2. The minimum absolute atomic E-state index is 0.223. The first-order valence-corrected chi connectivity index (χ1v) is 8.74. The van der Waals surface area contributed by atoms with Crippen molar-refractivity contribution in [3.63, 3.8) is 0 Å². The number of allylic oxidation sites excluding steroid dienone is 9. The Morgan fingerprint density at radius 3 is 2.46 bits per heavy atom. The first kappa shape index (κ1) is 20.5. The smallest absolute Gasteiger partial charge is 0.330 e. The molecule has 0 unspecified atom stereocenters. The van der Waals surface area contributed by atoms with E-state index in [1.807, 2.05) is 26.0 Å². The van der Waals surface area contributed by atoms with E-state index in [-0.39, 0.29) is 11.4 Å². The van der Waals surface area contributed by atoms with Crippen molar-refractivity contribution < 1.29 is 9.53 Å². The van der Waals surface area contributed by atoms with E-state index in [1.165, 1.54) is 43.6 Å². The lowest BCUT2D eigenvalue weighted by molar-refractivity contribution is -0.134. The fraction of sp³-hybridized carbons (Fsp3) is 0.476. The summed E-state index contributed by atoms with van der Waals surface area (Å²) < 4.78 is 4.60. The first-order valence-electron chi connectivity index (χ1n) is 8.36. The highest BCUT2D eigenvalue weighted by atomic mass is 35.5. The second kappa shape index (κ2) is 9.08. The molecule has 1 rings (SSSR count). The summed E-state index contributed by atoms with van der Waals surface area (Å²) in [7, 11) is 1.36. The van der Waals surface area contributed by atoms with Gasteiger partial charge in [-0.25, -0.2) is 4.79 Å². The molecule has 132 valence electrons. The molecule has 0 amide bonds. The van der Waals surface area contributed by atoms with Gasteiger partial charge >= 0.3 is 5.97 Å². The van der Waals surface area contributed by atoms with Gasteiger partial charge in [-0.05, 0) is 68.2 Å². The van der Waals surface area contributed by atoms with Crippen molar-refractivity contribution in [3.8, 4) is 0 Å². The highest BCUT2D eigenvalue weighted by Gasteiger charge is 2.26. The van der Waals surface area contributed by atoms with Gasteiger partial charge in [0.15, 0.2) is 0 Å². The number of hydrogen-bond acceptors (Lipinski definition) is 2. The molecule has 1 aliphatic rings. The van der Waals surface area contributed by atoms with Crippen LogP contribution in [-0.4, -0.2) is 13.1 Å². The third-order valence-electron chi connectivity index (χ3n) is 4.46. The molecule has 0 saturated carbocycles. The van der Waals surface area contributed by atoms with E-state index in [1.54, 1.807) is 0 Å². The van der Waals surface area contributed by atoms with Gasteiger partial charge in [0, 0.05) is 11.1 Å². The molecule has 0 aromatic heterocycles. The van der Waals surface area contributed by atoms with Crippen molar-refractivity contribution in [1.82, 2.24) is 0 Å². The summed E-state index contributed by atoms with van der Waals surface area (Å²) in [5, 5.41) is 0.663. The summed E-state index contributed by atoms with van der Waals surface area (Å²) in [6, 6.07) is 0. The molecule has 0 aromatic carbocycles. The number of ether oxygens (including phenoxy) is 1.